The SMILES string of the molecule is Cc1ccc(C(=O)N2CCC(NC(N)=O)C2)cn1. The summed E-state index contributed by atoms with van der Waals surface area (Å²) in [6.45, 7) is 2.99. The van der Waals surface area contributed by atoms with Crippen molar-refractivity contribution in [1.29, 1.82) is 0 Å². The number of hydrogen-bond donors (Lipinski definition) is 2. The van der Waals surface area contributed by atoms with E-state index in [-0.39, 0.29) is 11.9 Å². The molecule has 1 aromatic rings. The molecule has 0 saturated carbocycles. The largest absolute Gasteiger partial charge is 0.352 e. The number of urea groups is 1. The van der Waals surface area contributed by atoms with Crippen LogP contribution in [0.4, 0.5) is 4.79 Å². The number of nitrogens with one attached hydrogen (secondary N) is 1. The molecule has 0 spiro atoms. The molecule has 1 atom stereocenters. The Labute approximate surface area is 105 Å². The van der Waals surface area contributed by atoms with Crippen molar-refractivity contribution in [2.45, 2.75) is 19.4 Å². The van der Waals surface area contributed by atoms with Crippen LogP contribution in [-0.4, -0.2) is 41.0 Å². The number of pyridine rings is 1. The second-order valence-corrected chi connectivity index (χ2v) is 4.43. The molecule has 6 nitrogen and oxygen atoms in total. The first-order chi connectivity index (χ1) is 8.56. The smallest absolute Gasteiger partial charge is 0.312 e. The van der Waals surface area contributed by atoms with Gasteiger partial charge in [-0.15, -0.1) is 0 Å². The normalized spacial score (nSPS) is 18.7. The van der Waals surface area contributed by atoms with Gasteiger partial charge in [-0.3, -0.25) is 9.78 Å². The van der Waals surface area contributed by atoms with Crippen LogP contribution in [-0.2, 0) is 0 Å². The van der Waals surface area contributed by atoms with Crippen molar-refractivity contribution in [3.05, 3.63) is 29.6 Å². The summed E-state index contributed by atoms with van der Waals surface area (Å²) in [4.78, 5) is 28.7. The zero-order valence-electron chi connectivity index (χ0n) is 10.2. The lowest BCUT2D eigenvalue weighted by Gasteiger charge is -2.16. The fourth-order valence-corrected chi connectivity index (χ4v) is 2.04. The van der Waals surface area contributed by atoms with Gasteiger partial charge >= 0.3 is 6.03 Å². The summed E-state index contributed by atoms with van der Waals surface area (Å²) in [6, 6.07) is 2.97. The van der Waals surface area contributed by atoms with Crippen LogP contribution in [0.25, 0.3) is 0 Å². The molecule has 96 valence electrons. The first-order valence-electron chi connectivity index (χ1n) is 5.84. The Hall–Kier alpha value is -2.11. The molecule has 1 unspecified atom stereocenters. The van der Waals surface area contributed by atoms with E-state index in [2.05, 4.69) is 10.3 Å². The number of aromatic nitrogens is 1. The van der Waals surface area contributed by atoms with Gasteiger partial charge in [-0.1, -0.05) is 0 Å². The fraction of sp³-hybridized carbons (Fsp3) is 0.417. The molecule has 6 heteroatoms. The lowest BCUT2D eigenvalue weighted by molar-refractivity contribution is 0.0789. The standard InChI is InChI=1S/C12H16N4O2/c1-8-2-3-9(6-14-8)11(17)16-5-4-10(7-16)15-12(13)18/h2-3,6,10H,4-5,7H2,1H3,(H3,13,15,18). The van der Waals surface area contributed by atoms with Gasteiger partial charge in [0.2, 0.25) is 0 Å². The van der Waals surface area contributed by atoms with Crippen LogP contribution in [0.3, 0.4) is 0 Å². The Morgan fingerprint density at radius 2 is 2.28 bits per heavy atom. The Kier molecular flexibility index (Phi) is 3.45. The zero-order chi connectivity index (χ0) is 13.1. The molecule has 0 bridgehead atoms. The molecule has 1 aliphatic rings. The summed E-state index contributed by atoms with van der Waals surface area (Å²) < 4.78 is 0. The maximum Gasteiger partial charge on any atom is 0.312 e. The highest BCUT2D eigenvalue weighted by Gasteiger charge is 2.27. The van der Waals surface area contributed by atoms with E-state index < -0.39 is 6.03 Å². The van der Waals surface area contributed by atoms with E-state index in [4.69, 9.17) is 5.73 Å². The number of likely N-dealkylation sites (tertiary alicyclic amines) is 1. The number of hydrogen-bond acceptors (Lipinski definition) is 3. The lowest BCUT2D eigenvalue weighted by Crippen LogP contribution is -2.41. The molecule has 3 N–H and O–H groups in total. The van der Waals surface area contributed by atoms with Crippen LogP contribution in [0.1, 0.15) is 22.5 Å². The van der Waals surface area contributed by atoms with Gasteiger partial charge in [-0.2, -0.15) is 0 Å². The molecular formula is C12H16N4O2. The molecule has 0 radical (unpaired) electrons. The average Bonchev–Trinajstić information content (AvgIpc) is 2.76. The van der Waals surface area contributed by atoms with Gasteiger partial charge in [0.25, 0.3) is 5.91 Å². The Morgan fingerprint density at radius 1 is 1.50 bits per heavy atom. The fourth-order valence-electron chi connectivity index (χ4n) is 2.04. The van der Waals surface area contributed by atoms with Gasteiger partial charge < -0.3 is 16.0 Å². The van der Waals surface area contributed by atoms with Crippen molar-refractivity contribution in [1.82, 2.24) is 15.2 Å². The predicted octanol–water partition coefficient (Wildman–Crippen LogP) is 0.273. The van der Waals surface area contributed by atoms with E-state index in [1.54, 1.807) is 17.2 Å². The molecule has 2 rings (SSSR count). The average molecular weight is 248 g/mol. The molecule has 0 aromatic carbocycles. The number of carbonyl (C=O) groups is 2. The third kappa shape index (κ3) is 2.77. The highest BCUT2D eigenvalue weighted by molar-refractivity contribution is 5.94. The second-order valence-electron chi connectivity index (χ2n) is 4.43. The second kappa shape index (κ2) is 5.03. The first kappa shape index (κ1) is 12.3. The van der Waals surface area contributed by atoms with Gasteiger partial charge in [-0.05, 0) is 25.5 Å². The van der Waals surface area contributed by atoms with Crippen molar-refractivity contribution in [2.75, 3.05) is 13.1 Å². The van der Waals surface area contributed by atoms with Crippen molar-refractivity contribution >= 4 is 11.9 Å². The van der Waals surface area contributed by atoms with Crippen LogP contribution in [0, 0.1) is 6.92 Å². The Morgan fingerprint density at radius 3 is 2.89 bits per heavy atom. The summed E-state index contributed by atoms with van der Waals surface area (Å²) in [7, 11) is 0. The van der Waals surface area contributed by atoms with E-state index in [0.29, 0.717) is 18.7 Å². The lowest BCUT2D eigenvalue weighted by atomic mass is 10.2. The molecule has 1 aromatic heterocycles. The van der Waals surface area contributed by atoms with E-state index in [0.717, 1.165) is 12.1 Å². The van der Waals surface area contributed by atoms with E-state index >= 15 is 0 Å². The van der Waals surface area contributed by atoms with Crippen molar-refractivity contribution in [3.63, 3.8) is 0 Å². The van der Waals surface area contributed by atoms with Crippen LogP contribution in [0.2, 0.25) is 0 Å². The molecule has 18 heavy (non-hydrogen) atoms. The minimum Gasteiger partial charge on any atom is -0.352 e. The molecule has 2 heterocycles. The van der Waals surface area contributed by atoms with Gasteiger partial charge in [0.15, 0.2) is 0 Å². The number of rotatable bonds is 2. The molecule has 1 fully saturated rings. The van der Waals surface area contributed by atoms with Crippen molar-refractivity contribution < 1.29 is 9.59 Å². The van der Waals surface area contributed by atoms with Gasteiger partial charge in [0.1, 0.15) is 0 Å². The number of nitrogens with zero attached hydrogens (tertiary/aromatic N) is 2. The summed E-state index contributed by atoms with van der Waals surface area (Å²) in [5.41, 5.74) is 6.50. The Balaban J connectivity index is 1.99. The minimum absolute atomic E-state index is 0.0511. The third-order valence-corrected chi connectivity index (χ3v) is 2.98. The van der Waals surface area contributed by atoms with Crippen LogP contribution >= 0.6 is 0 Å². The highest BCUT2D eigenvalue weighted by Crippen LogP contribution is 2.13. The Bertz CT molecular complexity index is 458. The number of primary amides is 1. The number of aryl methyl sites for hydroxylation is 1. The first-order valence-corrected chi connectivity index (χ1v) is 5.84. The minimum atomic E-state index is -0.550. The van der Waals surface area contributed by atoms with Crippen molar-refractivity contribution in [2.24, 2.45) is 5.73 Å². The maximum absolute atomic E-state index is 12.1. The molecule has 1 aliphatic heterocycles. The third-order valence-electron chi connectivity index (χ3n) is 2.98. The molecule has 1 saturated heterocycles. The summed E-state index contributed by atoms with van der Waals surface area (Å²) in [5.74, 6) is -0.0590. The van der Waals surface area contributed by atoms with E-state index in [1.807, 2.05) is 13.0 Å². The van der Waals surface area contributed by atoms with Crippen LogP contribution in [0.15, 0.2) is 18.3 Å². The molecule has 3 amide bonds. The van der Waals surface area contributed by atoms with Gasteiger partial charge in [0, 0.05) is 31.0 Å². The van der Waals surface area contributed by atoms with E-state index in [1.165, 1.54) is 0 Å². The highest BCUT2D eigenvalue weighted by atomic mass is 16.2. The maximum atomic E-state index is 12.1. The summed E-state index contributed by atoms with van der Waals surface area (Å²) in [6.07, 6.45) is 2.31. The topological polar surface area (TPSA) is 88.3 Å². The monoisotopic (exact) mass is 248 g/mol. The van der Waals surface area contributed by atoms with Crippen molar-refractivity contribution in [3.8, 4) is 0 Å². The molecule has 0 aliphatic carbocycles. The van der Waals surface area contributed by atoms with Crippen LogP contribution < -0.4 is 11.1 Å². The summed E-state index contributed by atoms with van der Waals surface area (Å²) in [5, 5.41) is 2.62. The van der Waals surface area contributed by atoms with E-state index in [9.17, 15) is 9.59 Å². The van der Waals surface area contributed by atoms with Crippen LogP contribution in [0.5, 0.6) is 0 Å². The summed E-state index contributed by atoms with van der Waals surface area (Å²) >= 11 is 0. The quantitative estimate of drug-likeness (QED) is 0.787. The van der Waals surface area contributed by atoms with Gasteiger partial charge in [-0.25, -0.2) is 4.79 Å². The predicted molar refractivity (Wildman–Crippen MR) is 66.0 cm³/mol. The number of carbonyl (C=O) groups excluding carboxylic acids is 2. The molecular weight excluding hydrogens is 232 g/mol. The number of amides is 3. The van der Waals surface area contributed by atoms with Gasteiger partial charge in [0.05, 0.1) is 5.56 Å². The number of nitrogens with two attached hydrogens (primary N) is 1. The zero-order valence-corrected chi connectivity index (χ0v) is 10.2.